The first-order valence-electron chi connectivity index (χ1n) is 9.21. The van der Waals surface area contributed by atoms with Crippen molar-refractivity contribution in [2.24, 2.45) is 7.05 Å². The van der Waals surface area contributed by atoms with E-state index in [0.717, 1.165) is 28.9 Å². The zero-order valence-corrected chi connectivity index (χ0v) is 16.3. The Bertz CT molecular complexity index is 1190. The van der Waals surface area contributed by atoms with Gasteiger partial charge in [-0.05, 0) is 42.0 Å². The average molecular weight is 429 g/mol. The number of imidazole rings is 1. The summed E-state index contributed by atoms with van der Waals surface area (Å²) in [5.41, 5.74) is 9.29. The molecular formula is C21H18F3N5O2. The van der Waals surface area contributed by atoms with Gasteiger partial charge in [0.25, 0.3) is 0 Å². The number of pyridine rings is 1. The lowest BCUT2D eigenvalue weighted by Gasteiger charge is -2.10. The fourth-order valence-corrected chi connectivity index (χ4v) is 2.96. The summed E-state index contributed by atoms with van der Waals surface area (Å²) in [5.74, 6) is 0.954. The third-order valence-corrected chi connectivity index (χ3v) is 4.44. The lowest BCUT2D eigenvalue weighted by Crippen LogP contribution is -2.17. The molecule has 0 aliphatic carbocycles. The van der Waals surface area contributed by atoms with E-state index < -0.39 is 12.1 Å². The number of nitrogens with two attached hydrogens (primary N) is 1. The minimum Gasteiger partial charge on any atom is -0.439 e. The highest BCUT2D eigenvalue weighted by molar-refractivity contribution is 5.81. The molecule has 0 saturated carbocycles. The molecule has 0 radical (unpaired) electrons. The summed E-state index contributed by atoms with van der Waals surface area (Å²) in [4.78, 5) is 8.37. The van der Waals surface area contributed by atoms with Crippen molar-refractivity contribution in [2.75, 3.05) is 11.1 Å². The SMILES string of the molecule is Cn1c(NCc2ccc(Oc3ccc(OC(F)(F)F)cn3)cc2)nc2ccc(N)cc21. The molecule has 160 valence electrons. The number of rotatable bonds is 6. The van der Waals surface area contributed by atoms with E-state index in [1.165, 1.54) is 6.07 Å². The number of ether oxygens (including phenoxy) is 2. The highest BCUT2D eigenvalue weighted by atomic mass is 19.4. The van der Waals surface area contributed by atoms with Gasteiger partial charge in [0.1, 0.15) is 11.5 Å². The van der Waals surface area contributed by atoms with Gasteiger partial charge in [-0.15, -0.1) is 13.2 Å². The van der Waals surface area contributed by atoms with Crippen molar-refractivity contribution in [3.63, 3.8) is 0 Å². The molecule has 0 aliphatic rings. The number of benzene rings is 2. The van der Waals surface area contributed by atoms with Crippen LogP contribution in [0.15, 0.2) is 60.8 Å². The monoisotopic (exact) mass is 429 g/mol. The van der Waals surface area contributed by atoms with E-state index in [4.69, 9.17) is 10.5 Å². The first-order valence-corrected chi connectivity index (χ1v) is 9.21. The van der Waals surface area contributed by atoms with Crippen LogP contribution >= 0.6 is 0 Å². The van der Waals surface area contributed by atoms with Gasteiger partial charge in [0.2, 0.25) is 11.8 Å². The van der Waals surface area contributed by atoms with Crippen molar-refractivity contribution < 1.29 is 22.6 Å². The number of hydrogen-bond donors (Lipinski definition) is 2. The zero-order chi connectivity index (χ0) is 22.0. The van der Waals surface area contributed by atoms with Gasteiger partial charge < -0.3 is 25.1 Å². The van der Waals surface area contributed by atoms with Crippen molar-refractivity contribution in [3.8, 4) is 17.4 Å². The molecule has 2 aromatic carbocycles. The van der Waals surface area contributed by atoms with Gasteiger partial charge >= 0.3 is 6.36 Å². The number of nitrogens with one attached hydrogen (secondary N) is 1. The first-order chi connectivity index (χ1) is 14.8. The Morgan fingerprint density at radius 3 is 2.45 bits per heavy atom. The van der Waals surface area contributed by atoms with Crippen molar-refractivity contribution >= 4 is 22.7 Å². The fraction of sp³-hybridized carbons (Fsp3) is 0.143. The fourth-order valence-electron chi connectivity index (χ4n) is 2.96. The maximum Gasteiger partial charge on any atom is 0.573 e. The number of nitrogens with zero attached hydrogens (tertiary/aromatic N) is 3. The van der Waals surface area contributed by atoms with Gasteiger partial charge in [0.05, 0.1) is 17.2 Å². The molecule has 31 heavy (non-hydrogen) atoms. The third kappa shape index (κ3) is 4.97. The summed E-state index contributed by atoms with van der Waals surface area (Å²) < 4.78 is 47.8. The smallest absolute Gasteiger partial charge is 0.439 e. The molecule has 0 amide bonds. The standard InChI is InChI=1S/C21H18F3N5O2/c1-29-18-10-14(25)4-8-17(18)28-20(29)27-11-13-2-5-15(6-3-13)30-19-9-7-16(12-26-19)31-21(22,23)24/h2-10,12H,11,25H2,1H3,(H,27,28). The molecule has 4 aromatic rings. The minimum atomic E-state index is -4.76. The molecule has 10 heteroatoms. The van der Waals surface area contributed by atoms with E-state index in [-0.39, 0.29) is 5.88 Å². The van der Waals surface area contributed by atoms with E-state index in [1.54, 1.807) is 12.1 Å². The van der Waals surface area contributed by atoms with E-state index in [1.807, 2.05) is 41.9 Å². The number of nitrogen functional groups attached to an aromatic ring is 1. The number of aryl methyl sites for hydroxylation is 1. The van der Waals surface area contributed by atoms with Crippen LogP contribution in [0.4, 0.5) is 24.8 Å². The maximum absolute atomic E-state index is 12.2. The van der Waals surface area contributed by atoms with E-state index in [0.29, 0.717) is 23.9 Å². The summed E-state index contributed by atoms with van der Waals surface area (Å²) in [7, 11) is 1.91. The molecule has 4 rings (SSSR count). The van der Waals surface area contributed by atoms with Crippen molar-refractivity contribution in [1.82, 2.24) is 14.5 Å². The van der Waals surface area contributed by atoms with Crippen LogP contribution in [0, 0.1) is 0 Å². The number of anilines is 2. The molecule has 3 N–H and O–H groups in total. The second kappa shape index (κ2) is 8.05. The highest BCUT2D eigenvalue weighted by Gasteiger charge is 2.31. The summed E-state index contributed by atoms with van der Waals surface area (Å²) in [5, 5.41) is 3.28. The maximum atomic E-state index is 12.2. The second-order valence-corrected chi connectivity index (χ2v) is 6.72. The van der Waals surface area contributed by atoms with Crippen LogP contribution in [0.3, 0.4) is 0 Å². The molecule has 2 heterocycles. The second-order valence-electron chi connectivity index (χ2n) is 6.72. The van der Waals surface area contributed by atoms with Crippen LogP contribution in [-0.2, 0) is 13.6 Å². The zero-order valence-electron chi connectivity index (χ0n) is 16.3. The van der Waals surface area contributed by atoms with Crippen molar-refractivity contribution in [2.45, 2.75) is 12.9 Å². The predicted octanol–water partition coefficient (Wildman–Crippen LogP) is 4.85. The molecule has 0 saturated heterocycles. The normalized spacial score (nSPS) is 11.5. The number of halogens is 3. The number of aromatic nitrogens is 3. The van der Waals surface area contributed by atoms with Crippen LogP contribution in [0.25, 0.3) is 11.0 Å². The molecule has 0 spiro atoms. The van der Waals surface area contributed by atoms with E-state index in [9.17, 15) is 13.2 Å². The Kier molecular flexibility index (Phi) is 5.28. The van der Waals surface area contributed by atoms with Gasteiger partial charge in [-0.3, -0.25) is 0 Å². The average Bonchev–Trinajstić information content (AvgIpc) is 3.03. The first kappa shape index (κ1) is 20.3. The van der Waals surface area contributed by atoms with Crippen molar-refractivity contribution in [1.29, 1.82) is 0 Å². The number of hydrogen-bond acceptors (Lipinski definition) is 6. The van der Waals surface area contributed by atoms with Gasteiger partial charge in [-0.25, -0.2) is 9.97 Å². The molecule has 0 bridgehead atoms. The van der Waals surface area contributed by atoms with Crippen LogP contribution in [0.5, 0.6) is 17.4 Å². The Balaban J connectivity index is 1.37. The molecular weight excluding hydrogens is 411 g/mol. The Morgan fingerprint density at radius 2 is 1.77 bits per heavy atom. The van der Waals surface area contributed by atoms with Gasteiger partial charge in [0.15, 0.2) is 0 Å². The van der Waals surface area contributed by atoms with Crippen LogP contribution < -0.4 is 20.5 Å². The quantitative estimate of drug-likeness (QED) is 0.426. The third-order valence-electron chi connectivity index (χ3n) is 4.44. The predicted molar refractivity (Wildman–Crippen MR) is 110 cm³/mol. The van der Waals surface area contributed by atoms with Crippen LogP contribution in [0.1, 0.15) is 5.56 Å². The van der Waals surface area contributed by atoms with Crippen LogP contribution in [0.2, 0.25) is 0 Å². The molecule has 0 aliphatic heterocycles. The molecule has 0 unspecified atom stereocenters. The van der Waals surface area contributed by atoms with Crippen molar-refractivity contribution in [3.05, 3.63) is 66.4 Å². The van der Waals surface area contributed by atoms with E-state index in [2.05, 4.69) is 20.0 Å². The van der Waals surface area contributed by atoms with Crippen LogP contribution in [-0.4, -0.2) is 20.9 Å². The van der Waals surface area contributed by atoms with Gasteiger partial charge in [-0.2, -0.15) is 0 Å². The summed E-state index contributed by atoms with van der Waals surface area (Å²) in [6, 6.07) is 15.2. The lowest BCUT2D eigenvalue weighted by molar-refractivity contribution is -0.274. The van der Waals surface area contributed by atoms with Gasteiger partial charge in [0, 0.05) is 25.3 Å². The van der Waals surface area contributed by atoms with Gasteiger partial charge in [-0.1, -0.05) is 12.1 Å². The minimum absolute atomic E-state index is 0.152. The number of fused-ring (bicyclic) bond motifs is 1. The Labute approximate surface area is 175 Å². The molecule has 7 nitrogen and oxygen atoms in total. The van der Waals surface area contributed by atoms with E-state index >= 15 is 0 Å². The molecule has 0 atom stereocenters. The largest absolute Gasteiger partial charge is 0.573 e. The summed E-state index contributed by atoms with van der Waals surface area (Å²) in [6.45, 7) is 0.536. The lowest BCUT2D eigenvalue weighted by atomic mass is 10.2. The number of alkyl halides is 3. The summed E-state index contributed by atoms with van der Waals surface area (Å²) >= 11 is 0. The molecule has 0 fully saturated rings. The molecule has 2 aromatic heterocycles. The Hall–Kier alpha value is -3.95. The summed E-state index contributed by atoms with van der Waals surface area (Å²) in [6.07, 6.45) is -3.81. The highest BCUT2D eigenvalue weighted by Crippen LogP contribution is 2.26. The topological polar surface area (TPSA) is 87.2 Å². The Morgan fingerprint density at radius 1 is 1.03 bits per heavy atom.